The van der Waals surface area contributed by atoms with Crippen molar-refractivity contribution in [2.24, 2.45) is 5.10 Å². The highest BCUT2D eigenvalue weighted by atomic mass is 32.2. The van der Waals surface area contributed by atoms with E-state index in [1.165, 1.54) is 18.0 Å². The third-order valence-electron chi connectivity index (χ3n) is 3.15. The molecule has 3 rings (SSSR count). The first-order chi connectivity index (χ1) is 11.2. The number of anilines is 1. The summed E-state index contributed by atoms with van der Waals surface area (Å²) in [5, 5.41) is 6.19. The maximum atomic E-state index is 12.0. The molecule has 1 aliphatic rings. The smallest absolute Gasteiger partial charge is 0.241 e. The van der Waals surface area contributed by atoms with E-state index < -0.39 is 5.25 Å². The number of amides is 2. The van der Waals surface area contributed by atoms with Crippen LogP contribution in [0.4, 0.5) is 5.69 Å². The molecule has 2 heterocycles. The lowest BCUT2D eigenvalue weighted by molar-refractivity contribution is -0.124. The minimum atomic E-state index is -0.463. The molecule has 0 spiro atoms. The van der Waals surface area contributed by atoms with Crippen molar-refractivity contribution in [3.63, 3.8) is 0 Å². The average Bonchev–Trinajstić information content (AvgIpc) is 2.56. The second kappa shape index (κ2) is 7.06. The van der Waals surface area contributed by atoms with Gasteiger partial charge in [0.25, 0.3) is 0 Å². The summed E-state index contributed by atoms with van der Waals surface area (Å²) in [7, 11) is 0. The van der Waals surface area contributed by atoms with Gasteiger partial charge in [-0.2, -0.15) is 5.10 Å². The molecule has 116 valence electrons. The zero-order chi connectivity index (χ0) is 16.1. The van der Waals surface area contributed by atoms with Crippen molar-refractivity contribution >= 4 is 35.5 Å². The number of carbonyl (C=O) groups excluding carboxylic acids is 2. The number of hydrogen-bond acceptors (Lipinski definition) is 5. The van der Waals surface area contributed by atoms with E-state index >= 15 is 0 Å². The number of hydrogen-bond donors (Lipinski definition) is 2. The van der Waals surface area contributed by atoms with Gasteiger partial charge in [-0.3, -0.25) is 14.6 Å². The van der Waals surface area contributed by atoms with Crippen LogP contribution in [0.2, 0.25) is 0 Å². The minimum Gasteiger partial charge on any atom is -0.324 e. The molecular formula is C16H14N4O2S. The summed E-state index contributed by atoms with van der Waals surface area (Å²) in [5.41, 5.74) is 3.85. The standard InChI is InChI=1S/C16H14N4O2S/c21-15(20-18-10-11-5-3-4-8-17-11)9-14-16(22)19-12-6-1-2-7-13(12)23-14/h1-8,10,14H,9H2,(H,19,22)(H,20,21). The van der Waals surface area contributed by atoms with Crippen molar-refractivity contribution in [3.05, 3.63) is 54.4 Å². The predicted octanol–water partition coefficient (Wildman–Crippen LogP) is 2.03. The quantitative estimate of drug-likeness (QED) is 0.665. The van der Waals surface area contributed by atoms with Gasteiger partial charge >= 0.3 is 0 Å². The van der Waals surface area contributed by atoms with Gasteiger partial charge in [0, 0.05) is 17.5 Å². The van der Waals surface area contributed by atoms with Gasteiger partial charge in [-0.1, -0.05) is 18.2 Å². The lowest BCUT2D eigenvalue weighted by atomic mass is 10.2. The molecule has 0 radical (unpaired) electrons. The second-order valence-electron chi connectivity index (χ2n) is 4.84. The zero-order valence-electron chi connectivity index (χ0n) is 12.1. The molecule has 2 amide bonds. The molecule has 0 saturated carbocycles. The van der Waals surface area contributed by atoms with Crippen LogP contribution in [0.3, 0.4) is 0 Å². The van der Waals surface area contributed by atoms with Crippen LogP contribution in [-0.4, -0.2) is 28.3 Å². The van der Waals surface area contributed by atoms with Gasteiger partial charge in [0.15, 0.2) is 0 Å². The van der Waals surface area contributed by atoms with Gasteiger partial charge in [-0.05, 0) is 24.3 Å². The van der Waals surface area contributed by atoms with E-state index in [4.69, 9.17) is 0 Å². The van der Waals surface area contributed by atoms with Crippen LogP contribution in [0.15, 0.2) is 58.7 Å². The summed E-state index contributed by atoms with van der Waals surface area (Å²) in [5.74, 6) is -0.484. The average molecular weight is 326 g/mol. The summed E-state index contributed by atoms with van der Waals surface area (Å²) in [6, 6.07) is 12.9. The Bertz CT molecular complexity index is 749. The van der Waals surface area contributed by atoms with Gasteiger partial charge in [0.2, 0.25) is 11.8 Å². The molecule has 1 aromatic carbocycles. The topological polar surface area (TPSA) is 83.5 Å². The highest BCUT2D eigenvalue weighted by Gasteiger charge is 2.28. The normalized spacial score (nSPS) is 16.7. The Morgan fingerprint density at radius 3 is 2.96 bits per heavy atom. The van der Waals surface area contributed by atoms with Crippen molar-refractivity contribution in [2.75, 3.05) is 5.32 Å². The van der Waals surface area contributed by atoms with Gasteiger partial charge < -0.3 is 5.32 Å². The first-order valence-corrected chi connectivity index (χ1v) is 7.90. The summed E-state index contributed by atoms with van der Waals surface area (Å²) < 4.78 is 0. The van der Waals surface area contributed by atoms with E-state index in [1.54, 1.807) is 18.3 Å². The Kier molecular flexibility index (Phi) is 4.68. The number of aromatic nitrogens is 1. The fourth-order valence-electron chi connectivity index (χ4n) is 2.06. The SMILES string of the molecule is O=C(CC1Sc2ccccc2NC1=O)NN=Cc1ccccn1. The molecule has 1 aromatic heterocycles. The van der Waals surface area contributed by atoms with Crippen LogP contribution < -0.4 is 10.7 Å². The van der Waals surface area contributed by atoms with Gasteiger partial charge in [0.05, 0.1) is 22.8 Å². The second-order valence-corrected chi connectivity index (χ2v) is 6.09. The summed E-state index contributed by atoms with van der Waals surface area (Å²) in [6.45, 7) is 0. The number of hydrazone groups is 1. The number of nitrogens with zero attached hydrogens (tertiary/aromatic N) is 2. The molecule has 1 unspecified atom stereocenters. The zero-order valence-corrected chi connectivity index (χ0v) is 12.9. The number of carbonyl (C=O) groups is 2. The van der Waals surface area contributed by atoms with Gasteiger partial charge in [0.1, 0.15) is 0 Å². The van der Waals surface area contributed by atoms with Crippen molar-refractivity contribution in [1.82, 2.24) is 10.4 Å². The Labute approximate surface area is 137 Å². The van der Waals surface area contributed by atoms with Crippen LogP contribution in [-0.2, 0) is 9.59 Å². The molecule has 1 aliphatic heterocycles. The van der Waals surface area contributed by atoms with Gasteiger partial charge in [-0.15, -0.1) is 11.8 Å². The molecule has 6 nitrogen and oxygen atoms in total. The number of thioether (sulfide) groups is 1. The summed E-state index contributed by atoms with van der Waals surface area (Å²) in [4.78, 5) is 29.0. The third kappa shape index (κ3) is 3.95. The lowest BCUT2D eigenvalue weighted by Gasteiger charge is -2.23. The molecule has 0 fully saturated rings. The molecule has 1 atom stereocenters. The lowest BCUT2D eigenvalue weighted by Crippen LogP contribution is -2.33. The molecule has 2 aromatic rings. The molecule has 0 aliphatic carbocycles. The maximum absolute atomic E-state index is 12.0. The number of pyridine rings is 1. The highest BCUT2D eigenvalue weighted by Crippen LogP contribution is 2.36. The maximum Gasteiger partial charge on any atom is 0.241 e. The van der Waals surface area contributed by atoms with Crippen LogP contribution in [0.1, 0.15) is 12.1 Å². The monoisotopic (exact) mass is 326 g/mol. The van der Waals surface area contributed by atoms with Crippen LogP contribution in [0, 0.1) is 0 Å². The minimum absolute atomic E-state index is 0.0599. The number of fused-ring (bicyclic) bond motifs is 1. The molecular weight excluding hydrogens is 312 g/mol. The number of benzene rings is 1. The third-order valence-corrected chi connectivity index (χ3v) is 4.43. The Balaban J connectivity index is 1.56. The van der Waals surface area contributed by atoms with E-state index in [1.807, 2.05) is 30.3 Å². The molecule has 2 N–H and O–H groups in total. The first kappa shape index (κ1) is 15.2. The summed E-state index contributed by atoms with van der Waals surface area (Å²) in [6.07, 6.45) is 3.16. The van der Waals surface area contributed by atoms with Crippen molar-refractivity contribution in [3.8, 4) is 0 Å². The van der Waals surface area contributed by atoms with Crippen LogP contribution in [0.25, 0.3) is 0 Å². The number of rotatable bonds is 4. The molecule has 23 heavy (non-hydrogen) atoms. The highest BCUT2D eigenvalue weighted by molar-refractivity contribution is 8.01. The number of nitrogens with one attached hydrogen (secondary N) is 2. The Morgan fingerprint density at radius 2 is 2.13 bits per heavy atom. The largest absolute Gasteiger partial charge is 0.324 e. The van der Waals surface area contributed by atoms with E-state index in [9.17, 15) is 9.59 Å². The molecule has 0 bridgehead atoms. The van der Waals surface area contributed by atoms with Crippen LogP contribution in [0.5, 0.6) is 0 Å². The van der Waals surface area contributed by atoms with Crippen molar-refractivity contribution in [2.45, 2.75) is 16.6 Å². The summed E-state index contributed by atoms with van der Waals surface area (Å²) >= 11 is 1.39. The van der Waals surface area contributed by atoms with E-state index in [0.717, 1.165) is 10.6 Å². The van der Waals surface area contributed by atoms with E-state index in [0.29, 0.717) is 5.69 Å². The van der Waals surface area contributed by atoms with Gasteiger partial charge in [-0.25, -0.2) is 5.43 Å². The first-order valence-electron chi connectivity index (χ1n) is 7.02. The van der Waals surface area contributed by atoms with E-state index in [2.05, 4.69) is 20.8 Å². The van der Waals surface area contributed by atoms with Crippen molar-refractivity contribution < 1.29 is 9.59 Å². The fourth-order valence-corrected chi connectivity index (χ4v) is 3.17. The van der Waals surface area contributed by atoms with Crippen LogP contribution >= 0.6 is 11.8 Å². The molecule has 0 saturated heterocycles. The molecule has 7 heteroatoms. The number of para-hydroxylation sites is 1. The Morgan fingerprint density at radius 1 is 1.30 bits per heavy atom. The van der Waals surface area contributed by atoms with E-state index in [-0.39, 0.29) is 18.2 Å². The Hall–Kier alpha value is -2.67. The van der Waals surface area contributed by atoms with Crippen molar-refractivity contribution in [1.29, 1.82) is 0 Å². The fraction of sp³-hybridized carbons (Fsp3) is 0.125. The predicted molar refractivity (Wildman–Crippen MR) is 89.3 cm³/mol.